The highest BCUT2D eigenvalue weighted by Gasteiger charge is 2.54. The van der Waals surface area contributed by atoms with Gasteiger partial charge >= 0.3 is 5.97 Å². The summed E-state index contributed by atoms with van der Waals surface area (Å²) < 4.78 is 6.33. The second-order valence-electron chi connectivity index (χ2n) is 12.9. The molecule has 0 amide bonds. The maximum Gasteiger partial charge on any atom is 0.323 e. The van der Waals surface area contributed by atoms with Gasteiger partial charge in [-0.3, -0.25) is 4.79 Å². The molecule has 4 atom stereocenters. The van der Waals surface area contributed by atoms with Gasteiger partial charge in [0.1, 0.15) is 6.29 Å². The highest BCUT2D eigenvalue weighted by Crippen LogP contribution is 2.61. The number of aldehydes is 1. The van der Waals surface area contributed by atoms with Crippen LogP contribution in [-0.2, 0) is 14.0 Å². The van der Waals surface area contributed by atoms with E-state index in [1.54, 1.807) is 0 Å². The molecule has 0 radical (unpaired) electrons. The fraction of sp³-hybridized carbons (Fsp3) is 0.793. The lowest BCUT2D eigenvalue weighted by atomic mass is 9.47. The number of allylic oxidation sites excluding steroid dienone is 2. The Balaban J connectivity index is 2.35. The smallest absolute Gasteiger partial charge is 0.323 e. The number of carbonyl (C=O) groups excluding carboxylic acids is 2. The van der Waals surface area contributed by atoms with Gasteiger partial charge in [-0.15, -0.1) is 0 Å². The molecule has 0 aromatic rings. The first-order valence-electron chi connectivity index (χ1n) is 13.4. The summed E-state index contributed by atoms with van der Waals surface area (Å²) in [6.45, 7) is 24.2. The van der Waals surface area contributed by atoms with Crippen LogP contribution in [0.15, 0.2) is 23.8 Å². The number of rotatable bonds is 9. The molecular formula is C29H50O4Si. The average molecular weight is 491 g/mol. The van der Waals surface area contributed by atoms with Crippen molar-refractivity contribution in [2.75, 3.05) is 0 Å². The van der Waals surface area contributed by atoms with Crippen LogP contribution in [0, 0.1) is 22.7 Å². The maximum absolute atomic E-state index is 13.5. The zero-order valence-corrected chi connectivity index (χ0v) is 24.2. The molecule has 4 nitrogen and oxygen atoms in total. The molecule has 1 N–H and O–H groups in total. The zero-order valence-electron chi connectivity index (χ0n) is 23.2. The molecule has 0 heterocycles. The van der Waals surface area contributed by atoms with Crippen molar-refractivity contribution >= 4 is 20.6 Å². The van der Waals surface area contributed by atoms with E-state index in [9.17, 15) is 14.7 Å². The number of aliphatic hydroxyl groups is 1. The molecule has 34 heavy (non-hydrogen) atoms. The summed E-state index contributed by atoms with van der Waals surface area (Å²) in [5, 5.41) is 11.4. The number of hydrogen-bond acceptors (Lipinski definition) is 4. The van der Waals surface area contributed by atoms with E-state index in [2.05, 4.69) is 68.9 Å². The largest absolute Gasteiger partial charge is 0.515 e. The molecule has 2 aliphatic rings. The third-order valence-corrected chi connectivity index (χ3v) is 15.5. The number of hydrogen-bond donors (Lipinski definition) is 1. The molecular weight excluding hydrogens is 440 g/mol. The summed E-state index contributed by atoms with van der Waals surface area (Å²) in [4.78, 5) is 25.0. The summed E-state index contributed by atoms with van der Waals surface area (Å²) in [6.07, 6.45) is 6.81. The SMILES string of the molecule is C=C1CC[C@H]2C(C)(C)CCC[C@]2(C)[C@H]1C[C@@H](O)/C(=C/C=O)C(=O)O[Si](C(C)C)(C(C)C)C(C)C. The van der Waals surface area contributed by atoms with Gasteiger partial charge in [0.15, 0.2) is 0 Å². The molecule has 0 aromatic carbocycles. The van der Waals surface area contributed by atoms with Crippen LogP contribution in [0.3, 0.4) is 0 Å². The van der Waals surface area contributed by atoms with E-state index in [1.807, 2.05) is 0 Å². The van der Waals surface area contributed by atoms with E-state index in [1.165, 1.54) is 24.5 Å². The second-order valence-corrected chi connectivity index (χ2v) is 18.2. The van der Waals surface area contributed by atoms with Crippen molar-refractivity contribution in [1.29, 1.82) is 0 Å². The summed E-state index contributed by atoms with van der Waals surface area (Å²) in [6, 6.07) is 0. The van der Waals surface area contributed by atoms with Gasteiger partial charge in [0.2, 0.25) is 0 Å². The standard InChI is InChI=1S/C29H50O4Si/c1-19(2)34(20(3)4,21(5)6)33-27(32)23(14-17-30)25(31)18-24-22(7)12-13-26-28(8,9)15-11-16-29(24,26)10/h14,17,19-21,24-26,31H,7,11-13,15-16,18H2,1-6,8-10H3/b23-14-/t24-,25+,26-,29+/m0/s1. The lowest BCUT2D eigenvalue weighted by Crippen LogP contribution is -2.51. The monoisotopic (exact) mass is 490 g/mol. The Labute approximate surface area is 209 Å². The molecule has 0 aliphatic heterocycles. The van der Waals surface area contributed by atoms with E-state index < -0.39 is 20.4 Å². The van der Waals surface area contributed by atoms with Crippen molar-refractivity contribution in [2.24, 2.45) is 22.7 Å². The first kappa shape index (κ1) is 29.0. The summed E-state index contributed by atoms with van der Waals surface area (Å²) in [5.41, 5.74) is 2.26. The molecule has 0 aromatic heterocycles. The molecule has 2 fully saturated rings. The van der Waals surface area contributed by atoms with Crippen molar-refractivity contribution in [1.82, 2.24) is 0 Å². The lowest BCUT2D eigenvalue weighted by Gasteiger charge is -2.58. The minimum atomic E-state index is -2.49. The number of aliphatic hydroxyl groups excluding tert-OH is 1. The quantitative estimate of drug-likeness (QED) is 0.158. The number of fused-ring (bicyclic) bond motifs is 1. The summed E-state index contributed by atoms with van der Waals surface area (Å²) in [7, 11) is -2.49. The van der Waals surface area contributed by atoms with E-state index in [0.717, 1.165) is 19.3 Å². The van der Waals surface area contributed by atoms with E-state index in [0.29, 0.717) is 18.6 Å². The first-order chi connectivity index (χ1) is 15.6. The van der Waals surface area contributed by atoms with Gasteiger partial charge in [0.25, 0.3) is 8.32 Å². The molecule has 0 saturated heterocycles. The Kier molecular flexibility index (Phi) is 9.24. The van der Waals surface area contributed by atoms with Crippen molar-refractivity contribution < 1.29 is 19.1 Å². The molecule has 0 unspecified atom stereocenters. The topological polar surface area (TPSA) is 63.6 Å². The molecule has 5 heteroatoms. The van der Waals surface area contributed by atoms with E-state index >= 15 is 0 Å². The van der Waals surface area contributed by atoms with Crippen LogP contribution in [0.5, 0.6) is 0 Å². The highest BCUT2D eigenvalue weighted by atomic mass is 28.4. The van der Waals surface area contributed by atoms with Crippen molar-refractivity contribution in [3.63, 3.8) is 0 Å². The van der Waals surface area contributed by atoms with E-state index in [-0.39, 0.29) is 38.9 Å². The van der Waals surface area contributed by atoms with Gasteiger partial charge in [0.05, 0.1) is 11.7 Å². The molecule has 2 aliphatic carbocycles. The third-order valence-electron chi connectivity index (χ3n) is 9.60. The van der Waals surface area contributed by atoms with Gasteiger partial charge in [-0.05, 0) is 77.5 Å². The molecule has 0 spiro atoms. The maximum atomic E-state index is 13.5. The van der Waals surface area contributed by atoms with Crippen LogP contribution in [0.1, 0.15) is 101 Å². The van der Waals surface area contributed by atoms with Gasteiger partial charge in [0, 0.05) is 0 Å². The fourth-order valence-corrected chi connectivity index (χ4v) is 13.2. The Bertz CT molecular complexity index is 772. The minimum Gasteiger partial charge on any atom is -0.515 e. The normalized spacial score (nSPS) is 28.7. The number of carbonyl (C=O) groups is 2. The van der Waals surface area contributed by atoms with Gasteiger partial charge < -0.3 is 9.53 Å². The molecule has 2 rings (SSSR count). The minimum absolute atomic E-state index is 0.0422. The van der Waals surface area contributed by atoms with Crippen molar-refractivity contribution in [3.05, 3.63) is 23.8 Å². The predicted molar refractivity (Wildman–Crippen MR) is 143 cm³/mol. The summed E-state index contributed by atoms with van der Waals surface area (Å²) in [5.74, 6) is 0.158. The zero-order chi connectivity index (χ0) is 26.1. The van der Waals surface area contributed by atoms with Gasteiger partial charge in [-0.2, -0.15) is 0 Å². The van der Waals surface area contributed by atoms with Crippen LogP contribution in [0.2, 0.25) is 16.6 Å². The van der Waals surface area contributed by atoms with Gasteiger partial charge in [-0.25, -0.2) is 4.79 Å². The van der Waals surface area contributed by atoms with Crippen LogP contribution in [-0.4, -0.2) is 31.8 Å². The predicted octanol–water partition coefficient (Wildman–Crippen LogP) is 7.38. The molecule has 0 bridgehead atoms. The Morgan fingerprint density at radius 3 is 2.18 bits per heavy atom. The van der Waals surface area contributed by atoms with Crippen molar-refractivity contribution in [2.45, 2.75) is 124 Å². The Hall–Kier alpha value is -1.20. The second kappa shape index (κ2) is 10.8. The van der Waals surface area contributed by atoms with Crippen LogP contribution >= 0.6 is 0 Å². The molecule has 194 valence electrons. The van der Waals surface area contributed by atoms with Crippen LogP contribution < -0.4 is 0 Å². The third kappa shape index (κ3) is 5.30. The van der Waals surface area contributed by atoms with Crippen LogP contribution in [0.4, 0.5) is 0 Å². The van der Waals surface area contributed by atoms with Crippen LogP contribution in [0.25, 0.3) is 0 Å². The first-order valence-corrected chi connectivity index (χ1v) is 15.5. The van der Waals surface area contributed by atoms with Gasteiger partial charge in [-0.1, -0.05) is 80.9 Å². The Morgan fingerprint density at radius 1 is 1.12 bits per heavy atom. The van der Waals surface area contributed by atoms with E-state index in [4.69, 9.17) is 4.43 Å². The average Bonchev–Trinajstić information content (AvgIpc) is 2.71. The lowest BCUT2D eigenvalue weighted by molar-refractivity contribution is -0.133. The fourth-order valence-electron chi connectivity index (χ4n) is 8.02. The Morgan fingerprint density at radius 2 is 1.68 bits per heavy atom. The molecule has 2 saturated carbocycles. The van der Waals surface area contributed by atoms with Crippen molar-refractivity contribution in [3.8, 4) is 0 Å². The highest BCUT2D eigenvalue weighted by molar-refractivity contribution is 6.79. The summed E-state index contributed by atoms with van der Waals surface area (Å²) >= 11 is 0.